The summed E-state index contributed by atoms with van der Waals surface area (Å²) in [5.74, 6) is -4.29. The Labute approximate surface area is 177 Å². The lowest BCUT2D eigenvalue weighted by atomic mass is 10.1. The first-order chi connectivity index (χ1) is 15.0. The van der Waals surface area contributed by atoms with Gasteiger partial charge >= 0.3 is 6.36 Å². The molecule has 1 heterocycles. The average Bonchev–Trinajstić information content (AvgIpc) is 2.69. The second-order valence-corrected chi connectivity index (χ2v) is 6.64. The summed E-state index contributed by atoms with van der Waals surface area (Å²) in [6.07, 6.45) is -4.90. The molecule has 0 unspecified atom stereocenters. The van der Waals surface area contributed by atoms with Crippen molar-refractivity contribution in [3.63, 3.8) is 0 Å². The highest BCUT2D eigenvalue weighted by atomic mass is 19.4. The van der Waals surface area contributed by atoms with Gasteiger partial charge < -0.3 is 20.5 Å². The Bertz CT molecular complexity index is 1090. The third-order valence-electron chi connectivity index (χ3n) is 4.00. The molecule has 0 saturated carbocycles. The van der Waals surface area contributed by atoms with Crippen LogP contribution in [0.5, 0.6) is 5.75 Å². The van der Waals surface area contributed by atoms with Crippen LogP contribution >= 0.6 is 0 Å². The van der Waals surface area contributed by atoms with Crippen LogP contribution in [-0.4, -0.2) is 34.1 Å². The number of nitrogens with zero attached hydrogens (tertiary/aromatic N) is 2. The van der Waals surface area contributed by atoms with Crippen molar-refractivity contribution >= 4 is 17.5 Å². The molecule has 1 atom stereocenters. The van der Waals surface area contributed by atoms with E-state index in [4.69, 9.17) is 0 Å². The van der Waals surface area contributed by atoms with Crippen molar-refractivity contribution in [1.82, 2.24) is 9.97 Å². The van der Waals surface area contributed by atoms with Crippen LogP contribution in [0.15, 0.2) is 42.5 Å². The second-order valence-electron chi connectivity index (χ2n) is 6.64. The minimum absolute atomic E-state index is 0.0747. The van der Waals surface area contributed by atoms with E-state index in [1.165, 1.54) is 18.2 Å². The number of hydrogen-bond donors (Lipinski definition) is 3. The van der Waals surface area contributed by atoms with Gasteiger partial charge in [0.15, 0.2) is 11.6 Å². The van der Waals surface area contributed by atoms with Crippen molar-refractivity contribution in [3.8, 4) is 17.0 Å². The third kappa shape index (κ3) is 6.00. The topological polar surface area (TPSA) is 79.3 Å². The minimum Gasteiger partial charge on any atom is -0.406 e. The van der Waals surface area contributed by atoms with E-state index < -0.39 is 41.3 Å². The Morgan fingerprint density at radius 2 is 1.72 bits per heavy atom. The van der Waals surface area contributed by atoms with Crippen LogP contribution in [0.2, 0.25) is 0 Å². The maximum atomic E-state index is 14.0. The van der Waals surface area contributed by atoms with Gasteiger partial charge in [-0.25, -0.2) is 18.2 Å². The number of anilines is 3. The van der Waals surface area contributed by atoms with Gasteiger partial charge in [0.1, 0.15) is 23.1 Å². The summed E-state index contributed by atoms with van der Waals surface area (Å²) in [4.78, 5) is 8.22. The van der Waals surface area contributed by atoms with E-state index in [1.54, 1.807) is 6.92 Å². The van der Waals surface area contributed by atoms with Crippen LogP contribution in [0.25, 0.3) is 11.3 Å². The molecular formula is C20H16F6N4O2. The summed E-state index contributed by atoms with van der Waals surface area (Å²) in [6, 6.07) is 6.55. The van der Waals surface area contributed by atoms with Crippen LogP contribution in [0.1, 0.15) is 6.92 Å². The normalized spacial score (nSPS) is 12.4. The number of halogens is 6. The van der Waals surface area contributed by atoms with Gasteiger partial charge in [0.25, 0.3) is 0 Å². The van der Waals surface area contributed by atoms with E-state index >= 15 is 0 Å². The monoisotopic (exact) mass is 458 g/mol. The summed E-state index contributed by atoms with van der Waals surface area (Å²) in [7, 11) is 0. The molecule has 12 heteroatoms. The quantitative estimate of drug-likeness (QED) is 0.433. The standard InChI is InChI=1S/C20H16F6N4O2/c1-10(9-31)27-19-28-16(11-3-2-4-13(5-11)32-20(24,25)26)8-17(30-19)29-18-14(22)6-12(21)7-15(18)23/h2-8,10,31H,9H2,1H3,(H2,27,28,29,30)/t10-/m0/s1. The van der Waals surface area contributed by atoms with Crippen molar-refractivity contribution in [2.75, 3.05) is 17.2 Å². The van der Waals surface area contributed by atoms with Crippen molar-refractivity contribution in [3.05, 3.63) is 59.9 Å². The van der Waals surface area contributed by atoms with Gasteiger partial charge in [-0.1, -0.05) is 12.1 Å². The fourth-order valence-electron chi connectivity index (χ4n) is 2.63. The number of ether oxygens (including phenoxy) is 1. The molecule has 0 spiro atoms. The van der Waals surface area contributed by atoms with Gasteiger partial charge in [-0.05, 0) is 19.1 Å². The predicted molar refractivity (Wildman–Crippen MR) is 104 cm³/mol. The Balaban J connectivity index is 2.03. The van der Waals surface area contributed by atoms with Crippen LogP contribution in [0, 0.1) is 17.5 Å². The van der Waals surface area contributed by atoms with Gasteiger partial charge in [-0.2, -0.15) is 4.98 Å². The number of aliphatic hydroxyl groups excluding tert-OH is 1. The minimum atomic E-state index is -4.90. The Hall–Kier alpha value is -3.54. The maximum Gasteiger partial charge on any atom is 0.573 e. The number of nitrogens with one attached hydrogen (secondary N) is 2. The second kappa shape index (κ2) is 9.30. The zero-order valence-electron chi connectivity index (χ0n) is 16.3. The van der Waals surface area contributed by atoms with Gasteiger partial charge in [-0.3, -0.25) is 0 Å². The van der Waals surface area contributed by atoms with Crippen molar-refractivity contribution < 1.29 is 36.2 Å². The summed E-state index contributed by atoms with van der Waals surface area (Å²) in [5.41, 5.74) is -0.436. The number of alkyl halides is 3. The summed E-state index contributed by atoms with van der Waals surface area (Å²) >= 11 is 0. The lowest BCUT2D eigenvalue weighted by Crippen LogP contribution is -2.21. The third-order valence-corrected chi connectivity index (χ3v) is 4.00. The van der Waals surface area contributed by atoms with Crippen molar-refractivity contribution in [2.45, 2.75) is 19.3 Å². The number of aliphatic hydroxyl groups is 1. The molecule has 170 valence electrons. The molecule has 0 aliphatic rings. The van der Waals surface area contributed by atoms with E-state index in [2.05, 4.69) is 25.3 Å². The zero-order chi connectivity index (χ0) is 23.5. The first-order valence-corrected chi connectivity index (χ1v) is 9.08. The number of rotatable bonds is 7. The SMILES string of the molecule is C[C@@H](CO)Nc1nc(Nc2c(F)cc(F)cc2F)cc(-c2cccc(OC(F)(F)F)c2)n1. The zero-order valence-corrected chi connectivity index (χ0v) is 16.3. The van der Waals surface area contributed by atoms with Crippen LogP contribution in [-0.2, 0) is 0 Å². The van der Waals surface area contributed by atoms with Crippen molar-refractivity contribution in [2.24, 2.45) is 0 Å². The fraction of sp³-hybridized carbons (Fsp3) is 0.200. The molecule has 3 aromatic rings. The summed E-state index contributed by atoms with van der Waals surface area (Å²) in [5, 5.41) is 14.4. The molecule has 3 rings (SSSR count). The number of benzene rings is 2. The molecule has 0 bridgehead atoms. The number of hydrogen-bond acceptors (Lipinski definition) is 6. The molecule has 1 aromatic heterocycles. The molecule has 0 aliphatic carbocycles. The average molecular weight is 458 g/mol. The van der Waals surface area contributed by atoms with Crippen LogP contribution < -0.4 is 15.4 Å². The van der Waals surface area contributed by atoms with E-state index in [1.807, 2.05) is 0 Å². The Kier molecular flexibility index (Phi) is 6.72. The molecule has 0 aliphatic heterocycles. The van der Waals surface area contributed by atoms with Gasteiger partial charge in [0, 0.05) is 29.8 Å². The molecule has 0 amide bonds. The number of aromatic nitrogens is 2. The molecule has 0 radical (unpaired) electrons. The molecular weight excluding hydrogens is 442 g/mol. The molecule has 2 aromatic carbocycles. The molecule has 3 N–H and O–H groups in total. The molecule has 32 heavy (non-hydrogen) atoms. The Morgan fingerprint density at radius 1 is 1.03 bits per heavy atom. The maximum absolute atomic E-state index is 14.0. The molecule has 0 saturated heterocycles. The predicted octanol–water partition coefficient (Wildman–Crippen LogP) is 5.00. The highest BCUT2D eigenvalue weighted by Gasteiger charge is 2.31. The first kappa shape index (κ1) is 23.1. The van der Waals surface area contributed by atoms with Gasteiger partial charge in [0.2, 0.25) is 5.95 Å². The fourth-order valence-corrected chi connectivity index (χ4v) is 2.63. The smallest absolute Gasteiger partial charge is 0.406 e. The lowest BCUT2D eigenvalue weighted by Gasteiger charge is -2.15. The van der Waals surface area contributed by atoms with Gasteiger partial charge in [-0.15, -0.1) is 13.2 Å². The Morgan fingerprint density at radius 3 is 2.34 bits per heavy atom. The molecule has 6 nitrogen and oxygen atoms in total. The molecule has 0 fully saturated rings. The van der Waals surface area contributed by atoms with E-state index in [9.17, 15) is 31.4 Å². The summed E-state index contributed by atoms with van der Waals surface area (Å²) in [6.45, 7) is 1.30. The van der Waals surface area contributed by atoms with Crippen LogP contribution in [0.3, 0.4) is 0 Å². The lowest BCUT2D eigenvalue weighted by molar-refractivity contribution is -0.274. The highest BCUT2D eigenvalue weighted by molar-refractivity contribution is 5.68. The van der Waals surface area contributed by atoms with Crippen LogP contribution in [0.4, 0.5) is 43.8 Å². The van der Waals surface area contributed by atoms with Crippen molar-refractivity contribution in [1.29, 1.82) is 0 Å². The van der Waals surface area contributed by atoms with E-state index in [0.717, 1.165) is 12.1 Å². The highest BCUT2D eigenvalue weighted by Crippen LogP contribution is 2.30. The largest absolute Gasteiger partial charge is 0.573 e. The summed E-state index contributed by atoms with van der Waals surface area (Å²) < 4.78 is 82.8. The van der Waals surface area contributed by atoms with E-state index in [-0.39, 0.29) is 29.6 Å². The van der Waals surface area contributed by atoms with E-state index in [0.29, 0.717) is 12.1 Å². The first-order valence-electron chi connectivity index (χ1n) is 9.08. The van der Waals surface area contributed by atoms with Gasteiger partial charge in [0.05, 0.1) is 12.3 Å².